The van der Waals surface area contributed by atoms with Gasteiger partial charge in [0, 0.05) is 6.54 Å². The van der Waals surface area contributed by atoms with Crippen LogP contribution in [-0.2, 0) is 6.54 Å². The van der Waals surface area contributed by atoms with Gasteiger partial charge in [0.15, 0.2) is 5.43 Å². The lowest BCUT2D eigenvalue weighted by Crippen LogP contribution is -2.29. The smallest absolute Gasteiger partial charge is 0.291 e. The van der Waals surface area contributed by atoms with Crippen LogP contribution in [-0.4, -0.2) is 10.8 Å². The molecule has 2 heterocycles. The fourth-order valence-electron chi connectivity index (χ4n) is 4.00. The van der Waals surface area contributed by atoms with Crippen LogP contribution in [0.5, 0.6) is 0 Å². The zero-order chi connectivity index (χ0) is 20.0. The molecule has 5 rings (SSSR count). The molecule has 0 spiro atoms. The summed E-state index contributed by atoms with van der Waals surface area (Å²) in [6.45, 7) is 2.43. The number of para-hydroxylation sites is 1. The summed E-state index contributed by atoms with van der Waals surface area (Å²) in [6.07, 6.45) is 0. The summed E-state index contributed by atoms with van der Waals surface area (Å²) in [6, 6.07) is 24.4. The largest absolute Gasteiger partial charge is 0.450 e. The van der Waals surface area contributed by atoms with Crippen molar-refractivity contribution in [3.8, 4) is 0 Å². The summed E-state index contributed by atoms with van der Waals surface area (Å²) >= 11 is 0. The summed E-state index contributed by atoms with van der Waals surface area (Å²) in [5, 5.41) is 0.497. The molecule has 4 heteroatoms. The minimum Gasteiger partial charge on any atom is -0.450 e. The first kappa shape index (κ1) is 17.4. The summed E-state index contributed by atoms with van der Waals surface area (Å²) in [7, 11) is 0. The van der Waals surface area contributed by atoms with Gasteiger partial charge in [0.25, 0.3) is 5.91 Å². The number of fused-ring (bicyclic) bond motifs is 2. The highest BCUT2D eigenvalue weighted by molar-refractivity contribution is 5.99. The molecule has 0 radical (unpaired) electrons. The molecule has 0 aliphatic carbocycles. The van der Waals surface area contributed by atoms with Crippen molar-refractivity contribution in [2.24, 2.45) is 0 Å². The molecule has 1 aromatic heterocycles. The van der Waals surface area contributed by atoms with Crippen molar-refractivity contribution >= 4 is 16.9 Å². The molecule has 1 atom stereocenters. The molecule has 1 amide bonds. The molecule has 29 heavy (non-hydrogen) atoms. The van der Waals surface area contributed by atoms with E-state index in [-0.39, 0.29) is 17.1 Å². The van der Waals surface area contributed by atoms with E-state index in [1.165, 1.54) is 0 Å². The van der Waals surface area contributed by atoms with Gasteiger partial charge in [0.2, 0.25) is 5.76 Å². The molecular formula is C25H19NO3. The maximum absolute atomic E-state index is 13.4. The van der Waals surface area contributed by atoms with Gasteiger partial charge in [-0.25, -0.2) is 0 Å². The predicted molar refractivity (Wildman–Crippen MR) is 112 cm³/mol. The number of hydrogen-bond acceptors (Lipinski definition) is 3. The van der Waals surface area contributed by atoms with Gasteiger partial charge in [-0.15, -0.1) is 0 Å². The monoisotopic (exact) mass is 381 g/mol. The van der Waals surface area contributed by atoms with Crippen molar-refractivity contribution in [3.63, 3.8) is 0 Å². The first-order chi connectivity index (χ1) is 14.1. The second-order valence-electron chi connectivity index (χ2n) is 7.40. The molecule has 4 aromatic rings. The lowest BCUT2D eigenvalue weighted by atomic mass is 9.98. The van der Waals surface area contributed by atoms with E-state index in [1.54, 1.807) is 23.1 Å². The van der Waals surface area contributed by atoms with Gasteiger partial charge in [0.05, 0.1) is 17.0 Å². The highest BCUT2D eigenvalue weighted by Gasteiger charge is 2.42. The van der Waals surface area contributed by atoms with Gasteiger partial charge in [-0.05, 0) is 30.2 Å². The zero-order valence-electron chi connectivity index (χ0n) is 16.0. The highest BCUT2D eigenvalue weighted by Crippen LogP contribution is 2.38. The fraction of sp³-hybridized carbons (Fsp3) is 0.120. The topological polar surface area (TPSA) is 50.5 Å². The number of rotatable bonds is 3. The fourth-order valence-corrected chi connectivity index (χ4v) is 4.00. The Morgan fingerprint density at radius 3 is 2.31 bits per heavy atom. The molecular weight excluding hydrogens is 362 g/mol. The Balaban J connectivity index is 1.71. The quantitative estimate of drug-likeness (QED) is 0.510. The van der Waals surface area contributed by atoms with E-state index in [1.807, 2.05) is 67.6 Å². The van der Waals surface area contributed by atoms with Crippen LogP contribution in [0.2, 0.25) is 0 Å². The van der Waals surface area contributed by atoms with Gasteiger partial charge in [0.1, 0.15) is 5.58 Å². The van der Waals surface area contributed by atoms with Gasteiger partial charge in [-0.1, -0.05) is 72.3 Å². The van der Waals surface area contributed by atoms with Crippen LogP contribution >= 0.6 is 0 Å². The van der Waals surface area contributed by atoms with Crippen LogP contribution in [0.25, 0.3) is 11.0 Å². The molecule has 0 N–H and O–H groups in total. The minimum atomic E-state index is -0.471. The molecule has 0 fully saturated rings. The van der Waals surface area contributed by atoms with E-state index < -0.39 is 6.04 Å². The zero-order valence-corrected chi connectivity index (χ0v) is 16.0. The normalized spacial score (nSPS) is 15.7. The third-order valence-electron chi connectivity index (χ3n) is 5.46. The Kier molecular flexibility index (Phi) is 4.06. The number of nitrogens with zero attached hydrogens (tertiary/aromatic N) is 1. The Labute approximate surface area is 168 Å². The Morgan fingerprint density at radius 2 is 1.55 bits per heavy atom. The first-order valence-electron chi connectivity index (χ1n) is 9.60. The van der Waals surface area contributed by atoms with Crippen LogP contribution in [0.15, 0.2) is 88.1 Å². The van der Waals surface area contributed by atoms with Crippen molar-refractivity contribution in [1.29, 1.82) is 0 Å². The van der Waals surface area contributed by atoms with Gasteiger partial charge < -0.3 is 9.32 Å². The van der Waals surface area contributed by atoms with Crippen molar-refractivity contribution in [1.82, 2.24) is 4.90 Å². The molecule has 1 aliphatic heterocycles. The van der Waals surface area contributed by atoms with Crippen LogP contribution < -0.4 is 5.43 Å². The molecule has 3 aromatic carbocycles. The average Bonchev–Trinajstić information content (AvgIpc) is 3.03. The number of amides is 1. The van der Waals surface area contributed by atoms with Crippen molar-refractivity contribution in [3.05, 3.63) is 117 Å². The van der Waals surface area contributed by atoms with E-state index in [0.717, 1.165) is 16.7 Å². The standard InChI is InChI=1S/C25H19NO3/c1-16-11-13-17(14-12-16)15-26-22(18-7-3-2-4-8-18)21-23(27)19-9-5-6-10-20(19)29-24(21)25(26)28/h2-14,22H,15H2,1H3. The maximum atomic E-state index is 13.4. The van der Waals surface area contributed by atoms with Gasteiger partial charge in [-0.3, -0.25) is 9.59 Å². The maximum Gasteiger partial charge on any atom is 0.291 e. The van der Waals surface area contributed by atoms with Crippen LogP contribution in [0.3, 0.4) is 0 Å². The van der Waals surface area contributed by atoms with Crippen LogP contribution in [0, 0.1) is 6.92 Å². The van der Waals surface area contributed by atoms with Crippen LogP contribution in [0.1, 0.15) is 38.9 Å². The lowest BCUT2D eigenvalue weighted by molar-refractivity contribution is 0.0714. The molecule has 0 saturated heterocycles. The second kappa shape index (κ2) is 6.74. The summed E-state index contributed by atoms with van der Waals surface area (Å²) in [5.74, 6) is -0.105. The number of carbonyl (C=O) groups is 1. The van der Waals surface area contributed by atoms with E-state index in [0.29, 0.717) is 23.1 Å². The third kappa shape index (κ3) is 2.85. The number of benzene rings is 3. The Bertz CT molecular complexity index is 1270. The number of aryl methyl sites for hydroxylation is 1. The Morgan fingerprint density at radius 1 is 0.862 bits per heavy atom. The summed E-state index contributed by atoms with van der Waals surface area (Å²) in [4.78, 5) is 28.4. The lowest BCUT2D eigenvalue weighted by Gasteiger charge is -2.25. The van der Waals surface area contributed by atoms with Crippen molar-refractivity contribution in [2.45, 2.75) is 19.5 Å². The van der Waals surface area contributed by atoms with Crippen molar-refractivity contribution < 1.29 is 9.21 Å². The second-order valence-corrected chi connectivity index (χ2v) is 7.40. The van der Waals surface area contributed by atoms with Gasteiger partial charge >= 0.3 is 0 Å². The molecule has 4 nitrogen and oxygen atoms in total. The van der Waals surface area contributed by atoms with E-state index in [4.69, 9.17) is 4.42 Å². The number of carbonyl (C=O) groups excluding carboxylic acids is 1. The molecule has 0 saturated carbocycles. The van der Waals surface area contributed by atoms with Gasteiger partial charge in [-0.2, -0.15) is 0 Å². The Hall–Kier alpha value is -3.66. The van der Waals surface area contributed by atoms with E-state index in [2.05, 4.69) is 0 Å². The molecule has 142 valence electrons. The predicted octanol–water partition coefficient (Wildman–Crippen LogP) is 4.85. The molecule has 1 aliphatic rings. The summed E-state index contributed by atoms with van der Waals surface area (Å²) in [5.41, 5.74) is 3.78. The molecule has 1 unspecified atom stereocenters. The first-order valence-corrected chi connectivity index (χ1v) is 9.60. The average molecular weight is 381 g/mol. The minimum absolute atomic E-state index is 0.143. The highest BCUT2D eigenvalue weighted by atomic mass is 16.3. The van der Waals surface area contributed by atoms with E-state index in [9.17, 15) is 9.59 Å². The number of hydrogen-bond donors (Lipinski definition) is 0. The SMILES string of the molecule is Cc1ccc(CN2C(=O)c3oc4ccccc4c(=O)c3C2c2ccccc2)cc1. The van der Waals surface area contributed by atoms with Crippen molar-refractivity contribution in [2.75, 3.05) is 0 Å². The van der Waals surface area contributed by atoms with Crippen LogP contribution in [0.4, 0.5) is 0 Å². The third-order valence-corrected chi connectivity index (χ3v) is 5.46. The van der Waals surface area contributed by atoms with E-state index >= 15 is 0 Å². The summed E-state index contributed by atoms with van der Waals surface area (Å²) < 4.78 is 5.94. The molecule has 0 bridgehead atoms.